The molecular formula is C26H42IN5O. The molecule has 0 bridgehead atoms. The number of likely N-dealkylation sites (tertiary alicyclic amines) is 2. The van der Waals surface area contributed by atoms with Crippen LogP contribution in [0.5, 0.6) is 0 Å². The Labute approximate surface area is 217 Å². The quantitative estimate of drug-likeness (QED) is 0.333. The van der Waals surface area contributed by atoms with Crippen molar-refractivity contribution in [2.45, 2.75) is 64.0 Å². The van der Waals surface area contributed by atoms with Crippen LogP contribution in [0, 0.1) is 5.41 Å². The first-order chi connectivity index (χ1) is 15.5. The van der Waals surface area contributed by atoms with E-state index in [-0.39, 0.29) is 36.4 Å². The van der Waals surface area contributed by atoms with Gasteiger partial charge in [-0.2, -0.15) is 0 Å². The first-order valence-electron chi connectivity index (χ1n) is 12.6. The van der Waals surface area contributed by atoms with Crippen LogP contribution in [0.25, 0.3) is 0 Å². The molecule has 1 amide bonds. The van der Waals surface area contributed by atoms with Crippen molar-refractivity contribution >= 4 is 35.8 Å². The Morgan fingerprint density at radius 1 is 1.06 bits per heavy atom. The third kappa shape index (κ3) is 7.31. The first kappa shape index (κ1) is 26.3. The van der Waals surface area contributed by atoms with E-state index in [1.54, 1.807) is 19.0 Å². The van der Waals surface area contributed by atoms with E-state index in [0.717, 1.165) is 51.5 Å². The normalized spacial score (nSPS) is 21.6. The highest BCUT2D eigenvalue weighted by Gasteiger charge is 2.40. The fourth-order valence-electron chi connectivity index (χ4n) is 5.61. The fourth-order valence-corrected chi connectivity index (χ4v) is 5.61. The molecule has 2 saturated heterocycles. The third-order valence-corrected chi connectivity index (χ3v) is 7.68. The van der Waals surface area contributed by atoms with Gasteiger partial charge in [0.1, 0.15) is 6.54 Å². The lowest BCUT2D eigenvalue weighted by molar-refractivity contribution is -0.127. The van der Waals surface area contributed by atoms with Crippen molar-refractivity contribution in [3.05, 3.63) is 35.9 Å². The number of carbonyl (C=O) groups is 1. The predicted octanol–water partition coefficient (Wildman–Crippen LogP) is 3.96. The maximum atomic E-state index is 12.2. The minimum absolute atomic E-state index is 0. The van der Waals surface area contributed by atoms with Crippen molar-refractivity contribution in [1.82, 2.24) is 20.0 Å². The van der Waals surface area contributed by atoms with Crippen molar-refractivity contribution in [3.63, 3.8) is 0 Å². The highest BCUT2D eigenvalue weighted by Crippen LogP contribution is 2.43. The molecule has 4 rings (SSSR count). The van der Waals surface area contributed by atoms with Gasteiger partial charge in [0.05, 0.1) is 0 Å². The smallest absolute Gasteiger partial charge is 0.243 e. The highest BCUT2D eigenvalue weighted by atomic mass is 127. The summed E-state index contributed by atoms with van der Waals surface area (Å²) in [6, 6.07) is 11.2. The molecule has 6 nitrogen and oxygen atoms in total. The van der Waals surface area contributed by atoms with Crippen LogP contribution in [0.1, 0.15) is 56.9 Å². The Morgan fingerprint density at radius 3 is 2.42 bits per heavy atom. The Hall–Kier alpha value is -1.35. The van der Waals surface area contributed by atoms with E-state index in [0.29, 0.717) is 11.5 Å². The Morgan fingerprint density at radius 2 is 1.76 bits per heavy atom. The number of guanidine groups is 1. The number of rotatable bonds is 5. The second kappa shape index (κ2) is 12.4. The summed E-state index contributed by atoms with van der Waals surface area (Å²) < 4.78 is 0. The number of carbonyl (C=O) groups excluding carboxylic acids is 1. The molecule has 1 saturated carbocycles. The van der Waals surface area contributed by atoms with Crippen LogP contribution < -0.4 is 5.32 Å². The monoisotopic (exact) mass is 567 g/mol. The van der Waals surface area contributed by atoms with Gasteiger partial charge in [0.15, 0.2) is 5.96 Å². The van der Waals surface area contributed by atoms with Gasteiger partial charge < -0.3 is 15.1 Å². The van der Waals surface area contributed by atoms with Gasteiger partial charge in [-0.1, -0.05) is 49.6 Å². The molecule has 1 aromatic carbocycles. The SMILES string of the molecule is CN(C)C(=O)CN=C(NC1CCN(Cc2ccccc2)CC1)N1CCC2(CCCCC2)C1.I. The van der Waals surface area contributed by atoms with Gasteiger partial charge in [-0.05, 0) is 43.1 Å². The molecule has 1 aromatic rings. The van der Waals surface area contributed by atoms with E-state index in [1.807, 2.05) is 0 Å². The number of hydrogen-bond donors (Lipinski definition) is 1. The molecule has 1 N–H and O–H groups in total. The van der Waals surface area contributed by atoms with Crippen molar-refractivity contribution in [2.75, 3.05) is 46.8 Å². The van der Waals surface area contributed by atoms with Gasteiger partial charge in [-0.25, -0.2) is 4.99 Å². The molecule has 33 heavy (non-hydrogen) atoms. The Bertz CT molecular complexity index is 770. The zero-order valence-corrected chi connectivity index (χ0v) is 22.8. The van der Waals surface area contributed by atoms with Crippen molar-refractivity contribution in [2.24, 2.45) is 10.4 Å². The number of aliphatic imine (C=N–C) groups is 1. The summed E-state index contributed by atoms with van der Waals surface area (Å²) in [4.78, 5) is 23.7. The van der Waals surface area contributed by atoms with E-state index >= 15 is 0 Å². The fraction of sp³-hybridized carbons (Fsp3) is 0.692. The average Bonchev–Trinajstić information content (AvgIpc) is 3.21. The zero-order chi connectivity index (χ0) is 22.4. The van der Waals surface area contributed by atoms with Crippen molar-refractivity contribution < 1.29 is 4.79 Å². The van der Waals surface area contributed by atoms with Gasteiger partial charge in [0.2, 0.25) is 5.91 Å². The summed E-state index contributed by atoms with van der Waals surface area (Å²) in [5, 5.41) is 3.78. The summed E-state index contributed by atoms with van der Waals surface area (Å²) in [6.07, 6.45) is 10.3. The van der Waals surface area contributed by atoms with Gasteiger partial charge >= 0.3 is 0 Å². The molecule has 0 atom stereocenters. The van der Waals surface area contributed by atoms with Crippen LogP contribution in [-0.2, 0) is 11.3 Å². The number of halogens is 1. The number of amides is 1. The molecule has 0 aromatic heterocycles. The summed E-state index contributed by atoms with van der Waals surface area (Å²) >= 11 is 0. The van der Waals surface area contributed by atoms with Crippen molar-refractivity contribution in [3.8, 4) is 0 Å². The van der Waals surface area contributed by atoms with Crippen LogP contribution in [0.4, 0.5) is 0 Å². The van der Waals surface area contributed by atoms with Crippen LogP contribution in [0.15, 0.2) is 35.3 Å². The first-order valence-corrected chi connectivity index (χ1v) is 12.6. The van der Waals surface area contributed by atoms with Crippen LogP contribution in [-0.4, -0.2) is 79.4 Å². The molecule has 2 aliphatic heterocycles. The molecule has 3 fully saturated rings. The largest absolute Gasteiger partial charge is 0.353 e. The standard InChI is InChI=1S/C26H41N5O.HI/c1-29(2)24(32)19-27-25(31-18-15-26(21-31)13-7-4-8-14-26)28-23-11-16-30(17-12-23)20-22-9-5-3-6-10-22;/h3,5-6,9-10,23H,4,7-8,11-21H2,1-2H3,(H,27,28);1H. The maximum Gasteiger partial charge on any atom is 0.243 e. The zero-order valence-electron chi connectivity index (χ0n) is 20.5. The Kier molecular flexibility index (Phi) is 9.85. The maximum absolute atomic E-state index is 12.2. The lowest BCUT2D eigenvalue weighted by Gasteiger charge is -2.36. The second-order valence-electron chi connectivity index (χ2n) is 10.3. The van der Waals surface area contributed by atoms with Gasteiger partial charge in [0.25, 0.3) is 0 Å². The van der Waals surface area contributed by atoms with Crippen molar-refractivity contribution in [1.29, 1.82) is 0 Å². The molecule has 184 valence electrons. The molecule has 7 heteroatoms. The molecule has 1 aliphatic carbocycles. The van der Waals surface area contributed by atoms with Crippen LogP contribution in [0.2, 0.25) is 0 Å². The summed E-state index contributed by atoms with van der Waals surface area (Å²) in [5.41, 5.74) is 1.86. The predicted molar refractivity (Wildman–Crippen MR) is 146 cm³/mol. The van der Waals surface area contributed by atoms with Crippen LogP contribution >= 0.6 is 24.0 Å². The molecule has 2 heterocycles. The lowest BCUT2D eigenvalue weighted by atomic mass is 9.73. The van der Waals surface area contributed by atoms with Gasteiger partial charge in [0, 0.05) is 52.9 Å². The minimum atomic E-state index is 0. The summed E-state index contributed by atoms with van der Waals surface area (Å²) in [7, 11) is 3.61. The number of piperidine rings is 1. The summed E-state index contributed by atoms with van der Waals surface area (Å²) in [6.45, 7) is 5.61. The highest BCUT2D eigenvalue weighted by molar-refractivity contribution is 14.0. The number of nitrogens with zero attached hydrogens (tertiary/aromatic N) is 4. The van der Waals surface area contributed by atoms with Gasteiger partial charge in [-0.15, -0.1) is 24.0 Å². The topological polar surface area (TPSA) is 51.2 Å². The molecule has 3 aliphatic rings. The summed E-state index contributed by atoms with van der Waals surface area (Å²) in [5.74, 6) is 1.03. The van der Waals surface area contributed by atoms with Crippen LogP contribution in [0.3, 0.4) is 0 Å². The molecule has 1 spiro atoms. The average molecular weight is 568 g/mol. The van der Waals surface area contributed by atoms with E-state index in [2.05, 4.69) is 45.4 Å². The minimum Gasteiger partial charge on any atom is -0.353 e. The number of benzene rings is 1. The van der Waals surface area contributed by atoms with E-state index in [9.17, 15) is 4.79 Å². The number of hydrogen-bond acceptors (Lipinski definition) is 3. The molecular weight excluding hydrogens is 525 g/mol. The third-order valence-electron chi connectivity index (χ3n) is 7.68. The second-order valence-corrected chi connectivity index (χ2v) is 10.3. The molecule has 0 radical (unpaired) electrons. The van der Waals surface area contributed by atoms with Gasteiger partial charge in [-0.3, -0.25) is 9.69 Å². The Balaban J connectivity index is 0.00000306. The lowest BCUT2D eigenvalue weighted by Crippen LogP contribution is -2.50. The number of likely N-dealkylation sites (N-methyl/N-ethyl adjacent to an activating group) is 1. The van der Waals surface area contributed by atoms with E-state index in [1.165, 1.54) is 44.1 Å². The van der Waals surface area contributed by atoms with E-state index in [4.69, 9.17) is 4.99 Å². The van der Waals surface area contributed by atoms with E-state index < -0.39 is 0 Å². The molecule has 0 unspecified atom stereocenters. The number of nitrogens with one attached hydrogen (secondary N) is 1.